The topological polar surface area (TPSA) is 43.6 Å². The van der Waals surface area contributed by atoms with Crippen LogP contribution in [0.25, 0.3) is 82.8 Å². The van der Waals surface area contributed by atoms with E-state index in [0.717, 1.165) is 62.4 Å². The Labute approximate surface area is 295 Å². The Morgan fingerprint density at radius 3 is 2.16 bits per heavy atom. The zero-order valence-electron chi connectivity index (χ0n) is 27.8. The molecule has 4 heteroatoms. The van der Waals surface area contributed by atoms with E-state index >= 15 is 0 Å². The molecule has 3 heterocycles. The van der Waals surface area contributed by atoms with Crippen molar-refractivity contribution in [2.75, 3.05) is 0 Å². The van der Waals surface area contributed by atoms with Gasteiger partial charge in [0.25, 0.3) is 0 Å². The summed E-state index contributed by atoms with van der Waals surface area (Å²) < 4.78 is 2.37. The SMILES string of the molecule is C1=CCC(c2cc(-c3cc(-c4cc5ccccc5c5ccccc45)cc(-n4c5ccccc5c5cnccc54)c3)nc(-c3ccccc3)n2)C=C1. The standard InChI is InChI=1S/C47H32N4/c1-3-13-31(14-4-1)43-29-44(50-47(49-43)32-15-5-2-6-16-32)35-25-34(41-28-33-17-7-8-18-37(33)38-19-9-10-20-39(38)41)26-36(27-35)51-45-22-12-11-21-40(45)42-30-48-24-23-46(42)51/h1-13,15-31H,14H2. The van der Waals surface area contributed by atoms with Gasteiger partial charge in [0.2, 0.25) is 0 Å². The van der Waals surface area contributed by atoms with E-state index in [-0.39, 0.29) is 5.92 Å². The molecule has 0 aliphatic heterocycles. The summed E-state index contributed by atoms with van der Waals surface area (Å²) in [5.41, 5.74) is 9.60. The lowest BCUT2D eigenvalue weighted by Crippen LogP contribution is -2.04. The predicted molar refractivity (Wildman–Crippen MR) is 211 cm³/mol. The van der Waals surface area contributed by atoms with Crippen molar-refractivity contribution in [3.05, 3.63) is 182 Å². The minimum Gasteiger partial charge on any atom is -0.309 e. The summed E-state index contributed by atoms with van der Waals surface area (Å²) in [5.74, 6) is 0.910. The van der Waals surface area contributed by atoms with Crippen LogP contribution in [0.5, 0.6) is 0 Å². The lowest BCUT2D eigenvalue weighted by atomic mass is 9.91. The number of aromatic nitrogens is 4. The van der Waals surface area contributed by atoms with Crippen molar-refractivity contribution in [2.24, 2.45) is 0 Å². The van der Waals surface area contributed by atoms with Gasteiger partial charge < -0.3 is 4.57 Å². The van der Waals surface area contributed by atoms with Crippen LogP contribution in [0.1, 0.15) is 18.0 Å². The predicted octanol–water partition coefficient (Wildman–Crippen LogP) is 11.9. The minimum atomic E-state index is 0.177. The molecule has 0 amide bonds. The summed E-state index contributed by atoms with van der Waals surface area (Å²) in [5, 5.41) is 7.24. The highest BCUT2D eigenvalue weighted by Gasteiger charge is 2.19. The van der Waals surface area contributed by atoms with Crippen LogP contribution >= 0.6 is 0 Å². The summed E-state index contributed by atoms with van der Waals surface area (Å²) in [6, 6.07) is 49.9. The molecule has 0 N–H and O–H groups in total. The van der Waals surface area contributed by atoms with E-state index in [1.54, 1.807) is 0 Å². The molecule has 0 saturated carbocycles. The Balaban J connectivity index is 1.29. The fourth-order valence-electron chi connectivity index (χ4n) is 7.75. The molecule has 0 fully saturated rings. The highest BCUT2D eigenvalue weighted by Crippen LogP contribution is 2.40. The van der Waals surface area contributed by atoms with Crippen LogP contribution < -0.4 is 0 Å². The van der Waals surface area contributed by atoms with Crippen LogP contribution in [0.3, 0.4) is 0 Å². The quantitative estimate of drug-likeness (QED) is 0.174. The number of rotatable bonds is 5. The summed E-state index contributed by atoms with van der Waals surface area (Å²) in [7, 11) is 0. The summed E-state index contributed by atoms with van der Waals surface area (Å²) in [6.45, 7) is 0. The molecule has 3 aromatic heterocycles. The first-order chi connectivity index (χ1) is 25.3. The molecule has 240 valence electrons. The van der Waals surface area contributed by atoms with Crippen molar-refractivity contribution >= 4 is 43.4 Å². The van der Waals surface area contributed by atoms with Gasteiger partial charge in [-0.05, 0) is 81.6 Å². The Bertz CT molecular complexity index is 2790. The molecule has 10 rings (SSSR count). The summed E-state index contributed by atoms with van der Waals surface area (Å²) in [4.78, 5) is 15.0. The Hall–Kier alpha value is -6.65. The third kappa shape index (κ3) is 5.03. The highest BCUT2D eigenvalue weighted by atomic mass is 15.0. The second-order valence-electron chi connectivity index (χ2n) is 13.2. The fraction of sp³-hybridized carbons (Fsp3) is 0.0426. The van der Waals surface area contributed by atoms with Gasteiger partial charge in [-0.25, -0.2) is 9.97 Å². The third-order valence-electron chi connectivity index (χ3n) is 10.2. The number of benzene rings is 6. The maximum atomic E-state index is 5.29. The average Bonchev–Trinajstić information content (AvgIpc) is 3.55. The minimum absolute atomic E-state index is 0.177. The molecule has 4 nitrogen and oxygen atoms in total. The highest BCUT2D eigenvalue weighted by molar-refractivity contribution is 6.14. The van der Waals surface area contributed by atoms with E-state index < -0.39 is 0 Å². The number of pyridine rings is 1. The molecule has 1 atom stereocenters. The Kier molecular flexibility index (Phi) is 6.91. The van der Waals surface area contributed by atoms with Crippen molar-refractivity contribution in [1.82, 2.24) is 19.5 Å². The van der Waals surface area contributed by atoms with Crippen LogP contribution in [0.15, 0.2) is 176 Å². The van der Waals surface area contributed by atoms with Crippen molar-refractivity contribution in [1.29, 1.82) is 0 Å². The second kappa shape index (κ2) is 12.0. The van der Waals surface area contributed by atoms with Gasteiger partial charge in [-0.15, -0.1) is 0 Å². The third-order valence-corrected chi connectivity index (χ3v) is 10.2. The maximum Gasteiger partial charge on any atom is 0.160 e. The Morgan fingerprint density at radius 2 is 1.29 bits per heavy atom. The molecule has 0 spiro atoms. The molecular formula is C47H32N4. The first kappa shape index (κ1) is 29.3. The van der Waals surface area contributed by atoms with Crippen molar-refractivity contribution < 1.29 is 0 Å². The van der Waals surface area contributed by atoms with E-state index in [0.29, 0.717) is 0 Å². The summed E-state index contributed by atoms with van der Waals surface area (Å²) in [6.07, 6.45) is 13.5. The van der Waals surface area contributed by atoms with Crippen LogP contribution in [0, 0.1) is 0 Å². The van der Waals surface area contributed by atoms with Gasteiger partial charge in [0.15, 0.2) is 5.82 Å². The largest absolute Gasteiger partial charge is 0.309 e. The maximum absolute atomic E-state index is 5.29. The average molecular weight is 653 g/mol. The first-order valence-electron chi connectivity index (χ1n) is 17.5. The summed E-state index contributed by atoms with van der Waals surface area (Å²) >= 11 is 0. The molecule has 0 saturated heterocycles. The Morgan fingerprint density at radius 1 is 0.549 bits per heavy atom. The second-order valence-corrected chi connectivity index (χ2v) is 13.2. The van der Waals surface area contributed by atoms with E-state index in [1.165, 1.54) is 32.5 Å². The molecule has 1 aliphatic rings. The number of nitrogens with zero attached hydrogens (tertiary/aromatic N) is 4. The number of hydrogen-bond acceptors (Lipinski definition) is 3. The molecular weight excluding hydrogens is 621 g/mol. The molecule has 51 heavy (non-hydrogen) atoms. The van der Waals surface area contributed by atoms with Crippen molar-refractivity contribution in [3.8, 4) is 39.5 Å². The van der Waals surface area contributed by atoms with Gasteiger partial charge in [0.1, 0.15) is 0 Å². The van der Waals surface area contributed by atoms with E-state index in [4.69, 9.17) is 9.97 Å². The molecule has 1 aliphatic carbocycles. The normalized spacial score (nSPS) is 14.2. The van der Waals surface area contributed by atoms with Gasteiger partial charge in [-0.1, -0.05) is 121 Å². The zero-order valence-corrected chi connectivity index (χ0v) is 27.8. The van der Waals surface area contributed by atoms with E-state index in [1.807, 2.05) is 18.5 Å². The number of allylic oxidation sites excluding steroid dienone is 4. The van der Waals surface area contributed by atoms with Crippen LogP contribution in [0.4, 0.5) is 0 Å². The van der Waals surface area contributed by atoms with Crippen molar-refractivity contribution in [2.45, 2.75) is 12.3 Å². The van der Waals surface area contributed by atoms with E-state index in [9.17, 15) is 0 Å². The number of hydrogen-bond donors (Lipinski definition) is 0. The number of para-hydroxylation sites is 1. The van der Waals surface area contributed by atoms with Gasteiger partial charge >= 0.3 is 0 Å². The van der Waals surface area contributed by atoms with Gasteiger partial charge in [0, 0.05) is 45.9 Å². The lowest BCUT2D eigenvalue weighted by molar-refractivity contribution is 0.811. The van der Waals surface area contributed by atoms with Crippen molar-refractivity contribution in [3.63, 3.8) is 0 Å². The van der Waals surface area contributed by atoms with Crippen LogP contribution in [-0.4, -0.2) is 19.5 Å². The van der Waals surface area contributed by atoms with Gasteiger partial charge in [0.05, 0.1) is 22.4 Å². The first-order valence-corrected chi connectivity index (χ1v) is 17.5. The molecule has 9 aromatic rings. The molecule has 6 aromatic carbocycles. The zero-order chi connectivity index (χ0) is 33.7. The van der Waals surface area contributed by atoms with Gasteiger partial charge in [-0.2, -0.15) is 0 Å². The molecule has 0 bridgehead atoms. The lowest BCUT2D eigenvalue weighted by Gasteiger charge is -2.18. The van der Waals surface area contributed by atoms with Crippen LogP contribution in [0.2, 0.25) is 0 Å². The van der Waals surface area contributed by atoms with E-state index in [2.05, 4.69) is 167 Å². The molecule has 0 radical (unpaired) electrons. The smallest absolute Gasteiger partial charge is 0.160 e. The fourth-order valence-corrected chi connectivity index (χ4v) is 7.75. The monoisotopic (exact) mass is 652 g/mol. The van der Waals surface area contributed by atoms with Gasteiger partial charge in [-0.3, -0.25) is 4.98 Å². The molecule has 1 unspecified atom stereocenters. The number of fused-ring (bicyclic) bond motifs is 6. The van der Waals surface area contributed by atoms with Crippen LogP contribution in [-0.2, 0) is 0 Å².